The Morgan fingerprint density at radius 2 is 2.00 bits per heavy atom. The minimum atomic E-state index is -3.69. The normalized spacial score (nSPS) is 21.2. The second kappa shape index (κ2) is 2.62. The van der Waals surface area contributed by atoms with Crippen LogP contribution in [0.5, 0.6) is 0 Å². The molecule has 1 saturated heterocycles. The van der Waals surface area contributed by atoms with E-state index < -0.39 is 21.1 Å². The van der Waals surface area contributed by atoms with E-state index in [1.54, 1.807) is 0 Å². The first-order chi connectivity index (χ1) is 4.91. The summed E-state index contributed by atoms with van der Waals surface area (Å²) in [6.45, 7) is -0.0255. The average molecular weight is 200 g/mol. The Kier molecular flexibility index (Phi) is 2.08. The second-order valence-corrected chi connectivity index (χ2v) is 4.80. The molecule has 0 radical (unpaired) electrons. The molecule has 0 atom stereocenters. The van der Waals surface area contributed by atoms with Crippen molar-refractivity contribution in [2.24, 2.45) is 5.92 Å². The van der Waals surface area contributed by atoms with E-state index in [4.69, 9.17) is 15.8 Å². The molecule has 1 aliphatic rings. The molecule has 0 aromatic rings. The lowest BCUT2D eigenvalue weighted by atomic mass is 10.0. The number of nitrogens with zero attached hydrogens (tertiary/aromatic N) is 1. The molecule has 7 heteroatoms. The van der Waals surface area contributed by atoms with Crippen LogP contribution < -0.4 is 0 Å². The van der Waals surface area contributed by atoms with Crippen molar-refractivity contribution in [3.05, 3.63) is 0 Å². The molecule has 0 aliphatic carbocycles. The van der Waals surface area contributed by atoms with Gasteiger partial charge in [-0.1, -0.05) is 0 Å². The van der Waals surface area contributed by atoms with Crippen LogP contribution in [0.3, 0.4) is 0 Å². The summed E-state index contributed by atoms with van der Waals surface area (Å²) in [6, 6.07) is 0. The van der Waals surface area contributed by atoms with Gasteiger partial charge in [-0.2, -0.15) is 12.7 Å². The summed E-state index contributed by atoms with van der Waals surface area (Å²) in [7, 11) is 1.22. The van der Waals surface area contributed by atoms with Crippen LogP contribution in [0.15, 0.2) is 0 Å². The largest absolute Gasteiger partial charge is 0.481 e. The quantitative estimate of drug-likeness (QED) is 0.608. The van der Waals surface area contributed by atoms with Crippen molar-refractivity contribution in [1.82, 2.24) is 4.31 Å². The van der Waals surface area contributed by atoms with Crippen LogP contribution in [-0.2, 0) is 14.0 Å². The zero-order valence-corrected chi connectivity index (χ0v) is 6.97. The number of hydrogen-bond acceptors (Lipinski definition) is 3. The Labute approximate surface area is 68.1 Å². The Bertz CT molecular complexity index is 268. The van der Waals surface area contributed by atoms with Gasteiger partial charge in [0.15, 0.2) is 0 Å². The Morgan fingerprint density at radius 1 is 1.55 bits per heavy atom. The predicted molar refractivity (Wildman–Crippen MR) is 37.5 cm³/mol. The number of aliphatic carboxylic acids is 1. The standard InChI is InChI=1S/C4H6ClNO4S/c5-11(9,10)6-1-3(2-6)4(7)8/h3H,1-2H2,(H,7,8). The van der Waals surface area contributed by atoms with Crippen LogP contribution in [0.25, 0.3) is 0 Å². The molecule has 0 unspecified atom stereocenters. The number of hydrogen-bond donors (Lipinski definition) is 1. The van der Waals surface area contributed by atoms with Crippen molar-refractivity contribution in [3.8, 4) is 0 Å². The third-order valence-electron chi connectivity index (χ3n) is 1.51. The van der Waals surface area contributed by atoms with Gasteiger partial charge in [0, 0.05) is 23.8 Å². The van der Waals surface area contributed by atoms with Crippen LogP contribution in [0.4, 0.5) is 0 Å². The molecule has 1 aliphatic heterocycles. The number of halogens is 1. The molecule has 0 amide bonds. The zero-order chi connectivity index (χ0) is 8.65. The van der Waals surface area contributed by atoms with Crippen molar-refractivity contribution in [1.29, 1.82) is 0 Å². The first-order valence-electron chi connectivity index (χ1n) is 2.84. The van der Waals surface area contributed by atoms with Crippen molar-refractivity contribution in [2.75, 3.05) is 13.1 Å². The molecule has 0 saturated carbocycles. The fourth-order valence-electron chi connectivity index (χ4n) is 0.772. The van der Waals surface area contributed by atoms with Crippen molar-refractivity contribution in [3.63, 3.8) is 0 Å². The first-order valence-corrected chi connectivity index (χ1v) is 5.10. The number of carboxylic acid groups (broad SMARTS) is 1. The lowest BCUT2D eigenvalue weighted by Gasteiger charge is -2.32. The lowest BCUT2D eigenvalue weighted by molar-refractivity contribution is -0.145. The fraction of sp³-hybridized carbons (Fsp3) is 0.750. The van der Waals surface area contributed by atoms with Crippen LogP contribution in [0.2, 0.25) is 0 Å². The zero-order valence-electron chi connectivity index (χ0n) is 5.40. The van der Waals surface area contributed by atoms with E-state index in [-0.39, 0.29) is 13.1 Å². The molecule has 0 aromatic carbocycles. The van der Waals surface area contributed by atoms with Gasteiger partial charge in [0.1, 0.15) is 0 Å². The number of rotatable bonds is 2. The Hall–Kier alpha value is -0.330. The molecular formula is C4H6ClNO4S. The van der Waals surface area contributed by atoms with Gasteiger partial charge in [0.05, 0.1) is 5.92 Å². The van der Waals surface area contributed by atoms with Crippen LogP contribution in [0.1, 0.15) is 0 Å². The Balaban J connectivity index is 2.48. The number of carboxylic acids is 1. The highest BCUT2D eigenvalue weighted by atomic mass is 35.7. The van der Waals surface area contributed by atoms with Gasteiger partial charge in [0.2, 0.25) is 0 Å². The summed E-state index contributed by atoms with van der Waals surface area (Å²) in [4.78, 5) is 10.2. The molecule has 0 bridgehead atoms. The van der Waals surface area contributed by atoms with E-state index in [1.165, 1.54) is 0 Å². The molecule has 1 fully saturated rings. The molecule has 1 heterocycles. The molecule has 5 nitrogen and oxygen atoms in total. The van der Waals surface area contributed by atoms with E-state index in [0.29, 0.717) is 0 Å². The third-order valence-corrected chi connectivity index (χ3v) is 3.01. The van der Waals surface area contributed by atoms with E-state index in [1.807, 2.05) is 0 Å². The highest BCUT2D eigenvalue weighted by Crippen LogP contribution is 2.21. The maximum Gasteiger partial charge on any atom is 0.309 e. The SMILES string of the molecule is O=C(O)C1CN(S(=O)(=O)Cl)C1. The van der Waals surface area contributed by atoms with Crippen molar-refractivity contribution < 1.29 is 18.3 Å². The van der Waals surface area contributed by atoms with Gasteiger partial charge < -0.3 is 5.11 Å². The van der Waals surface area contributed by atoms with Crippen molar-refractivity contribution in [2.45, 2.75) is 0 Å². The maximum atomic E-state index is 10.5. The van der Waals surface area contributed by atoms with Gasteiger partial charge in [-0.15, -0.1) is 0 Å². The molecular weight excluding hydrogens is 194 g/mol. The second-order valence-electron chi connectivity index (χ2n) is 2.29. The van der Waals surface area contributed by atoms with Gasteiger partial charge in [-0.05, 0) is 0 Å². The van der Waals surface area contributed by atoms with Crippen LogP contribution >= 0.6 is 10.7 Å². The molecule has 1 N–H and O–H groups in total. The Morgan fingerprint density at radius 3 is 2.27 bits per heavy atom. The number of carbonyl (C=O) groups is 1. The summed E-state index contributed by atoms with van der Waals surface area (Å²) in [5.74, 6) is -1.58. The predicted octanol–water partition coefficient (Wildman–Crippen LogP) is -0.514. The fourth-order valence-corrected chi connectivity index (χ4v) is 1.83. The average Bonchev–Trinajstić information content (AvgIpc) is 1.51. The molecule has 0 aromatic heterocycles. The minimum Gasteiger partial charge on any atom is -0.481 e. The molecule has 1 rings (SSSR count). The van der Waals surface area contributed by atoms with E-state index in [9.17, 15) is 13.2 Å². The highest BCUT2D eigenvalue weighted by molar-refractivity contribution is 8.11. The molecule has 11 heavy (non-hydrogen) atoms. The first kappa shape index (κ1) is 8.76. The summed E-state index contributed by atoms with van der Waals surface area (Å²) >= 11 is 0. The minimum absolute atomic E-state index is 0.0127. The van der Waals surface area contributed by atoms with Crippen LogP contribution in [0, 0.1) is 5.92 Å². The molecule has 0 spiro atoms. The van der Waals surface area contributed by atoms with E-state index in [0.717, 1.165) is 4.31 Å². The van der Waals surface area contributed by atoms with Gasteiger partial charge in [0.25, 0.3) is 9.24 Å². The summed E-state index contributed by atoms with van der Waals surface area (Å²) in [5, 5.41) is 8.35. The topological polar surface area (TPSA) is 74.7 Å². The van der Waals surface area contributed by atoms with Gasteiger partial charge in [-0.3, -0.25) is 4.79 Å². The van der Waals surface area contributed by atoms with Gasteiger partial charge >= 0.3 is 5.97 Å². The maximum absolute atomic E-state index is 10.5. The molecule has 64 valence electrons. The van der Waals surface area contributed by atoms with Gasteiger partial charge in [-0.25, -0.2) is 0 Å². The summed E-state index contributed by atoms with van der Waals surface area (Å²) in [5.41, 5.74) is 0. The van der Waals surface area contributed by atoms with Crippen LogP contribution in [-0.4, -0.2) is 36.9 Å². The van der Waals surface area contributed by atoms with E-state index in [2.05, 4.69) is 0 Å². The lowest BCUT2D eigenvalue weighted by Crippen LogP contribution is -2.51. The smallest absolute Gasteiger partial charge is 0.309 e. The highest BCUT2D eigenvalue weighted by Gasteiger charge is 2.38. The third kappa shape index (κ3) is 1.82. The monoisotopic (exact) mass is 199 g/mol. The summed E-state index contributed by atoms with van der Waals surface area (Å²) in [6.07, 6.45) is 0. The summed E-state index contributed by atoms with van der Waals surface area (Å²) < 4.78 is 21.9. The van der Waals surface area contributed by atoms with E-state index >= 15 is 0 Å². The van der Waals surface area contributed by atoms with Crippen molar-refractivity contribution >= 4 is 25.9 Å².